The predicted octanol–water partition coefficient (Wildman–Crippen LogP) is 2.14. The zero-order chi connectivity index (χ0) is 16.5. The van der Waals surface area contributed by atoms with Crippen LogP contribution in [0.25, 0.3) is 0 Å². The fourth-order valence-corrected chi connectivity index (χ4v) is 2.16. The number of benzene rings is 1. The molecule has 2 aromatic rings. The van der Waals surface area contributed by atoms with Crippen LogP contribution in [-0.2, 0) is 13.0 Å². The van der Waals surface area contributed by atoms with Crippen LogP contribution >= 0.6 is 0 Å². The minimum absolute atomic E-state index is 0.279. The number of pyridine rings is 1. The van der Waals surface area contributed by atoms with Crippen molar-refractivity contribution in [2.45, 2.75) is 13.0 Å². The van der Waals surface area contributed by atoms with Gasteiger partial charge >= 0.3 is 0 Å². The standard InChI is InChI=1S/C17H21FN4O/c1-19-17(22-12-15-14(18)7-5-10-20-15)21-11-9-13-6-3-4-8-16(13)23-2/h3-8,10H,9,11-12H2,1-2H3,(H2,19,21,22). The van der Waals surface area contributed by atoms with Crippen molar-refractivity contribution in [1.29, 1.82) is 0 Å². The predicted molar refractivity (Wildman–Crippen MR) is 89.1 cm³/mol. The maximum Gasteiger partial charge on any atom is 0.191 e. The van der Waals surface area contributed by atoms with Crippen molar-refractivity contribution in [1.82, 2.24) is 15.6 Å². The number of hydrogen-bond donors (Lipinski definition) is 2. The summed E-state index contributed by atoms with van der Waals surface area (Å²) in [5, 5.41) is 6.24. The summed E-state index contributed by atoms with van der Waals surface area (Å²) < 4.78 is 18.8. The SMILES string of the molecule is CN=C(NCCc1ccccc1OC)NCc1ncccc1F. The first-order valence-electron chi connectivity index (χ1n) is 7.40. The molecular formula is C17H21FN4O. The lowest BCUT2D eigenvalue weighted by Crippen LogP contribution is -2.38. The average Bonchev–Trinajstić information content (AvgIpc) is 2.59. The molecule has 2 rings (SSSR count). The van der Waals surface area contributed by atoms with E-state index in [-0.39, 0.29) is 12.4 Å². The molecular weight excluding hydrogens is 295 g/mol. The lowest BCUT2D eigenvalue weighted by Gasteiger charge is -2.13. The molecule has 0 aliphatic heterocycles. The molecule has 0 fully saturated rings. The number of ether oxygens (including phenoxy) is 1. The summed E-state index contributed by atoms with van der Waals surface area (Å²) in [5.41, 5.74) is 1.48. The molecule has 0 saturated carbocycles. The number of guanidine groups is 1. The van der Waals surface area contributed by atoms with Gasteiger partial charge in [0.05, 0.1) is 19.3 Å². The van der Waals surface area contributed by atoms with E-state index in [1.807, 2.05) is 24.3 Å². The summed E-state index contributed by atoms with van der Waals surface area (Å²) in [4.78, 5) is 8.12. The van der Waals surface area contributed by atoms with Gasteiger partial charge in [0, 0.05) is 19.8 Å². The van der Waals surface area contributed by atoms with Crippen molar-refractivity contribution >= 4 is 5.96 Å². The van der Waals surface area contributed by atoms with E-state index in [1.165, 1.54) is 6.07 Å². The average molecular weight is 316 g/mol. The van der Waals surface area contributed by atoms with Crippen LogP contribution in [0.3, 0.4) is 0 Å². The Hall–Kier alpha value is -2.63. The first-order valence-corrected chi connectivity index (χ1v) is 7.40. The van der Waals surface area contributed by atoms with Crippen molar-refractivity contribution in [2.24, 2.45) is 4.99 Å². The second-order valence-electron chi connectivity index (χ2n) is 4.85. The monoisotopic (exact) mass is 316 g/mol. The fraction of sp³-hybridized carbons (Fsp3) is 0.294. The highest BCUT2D eigenvalue weighted by molar-refractivity contribution is 5.79. The molecule has 0 radical (unpaired) electrons. The molecule has 0 amide bonds. The Balaban J connectivity index is 1.83. The molecule has 1 heterocycles. The molecule has 0 aliphatic rings. The van der Waals surface area contributed by atoms with Gasteiger partial charge in [-0.15, -0.1) is 0 Å². The van der Waals surface area contributed by atoms with Gasteiger partial charge in [-0.25, -0.2) is 4.39 Å². The van der Waals surface area contributed by atoms with Gasteiger partial charge in [-0.05, 0) is 30.2 Å². The largest absolute Gasteiger partial charge is 0.496 e. The van der Waals surface area contributed by atoms with Crippen LogP contribution in [0.1, 0.15) is 11.3 Å². The topological polar surface area (TPSA) is 58.5 Å². The number of para-hydroxylation sites is 1. The number of halogens is 1. The van der Waals surface area contributed by atoms with Gasteiger partial charge in [0.25, 0.3) is 0 Å². The number of aliphatic imine (C=N–C) groups is 1. The number of hydrogen-bond acceptors (Lipinski definition) is 3. The number of aromatic nitrogens is 1. The Morgan fingerprint density at radius 1 is 1.22 bits per heavy atom. The summed E-state index contributed by atoms with van der Waals surface area (Å²) in [6.45, 7) is 0.964. The van der Waals surface area contributed by atoms with Crippen LogP contribution in [0.2, 0.25) is 0 Å². The van der Waals surface area contributed by atoms with Crippen molar-refractivity contribution in [3.8, 4) is 5.75 Å². The molecule has 2 N–H and O–H groups in total. The number of nitrogens with one attached hydrogen (secondary N) is 2. The Morgan fingerprint density at radius 2 is 2.04 bits per heavy atom. The number of nitrogens with zero attached hydrogens (tertiary/aromatic N) is 2. The lowest BCUT2D eigenvalue weighted by molar-refractivity contribution is 0.409. The van der Waals surface area contributed by atoms with E-state index < -0.39 is 0 Å². The Morgan fingerprint density at radius 3 is 2.78 bits per heavy atom. The summed E-state index contributed by atoms with van der Waals surface area (Å²) >= 11 is 0. The minimum Gasteiger partial charge on any atom is -0.496 e. The lowest BCUT2D eigenvalue weighted by atomic mass is 10.1. The maximum absolute atomic E-state index is 13.5. The van der Waals surface area contributed by atoms with E-state index in [2.05, 4.69) is 20.6 Å². The molecule has 6 heteroatoms. The Labute approximate surface area is 135 Å². The highest BCUT2D eigenvalue weighted by atomic mass is 19.1. The molecule has 0 atom stereocenters. The van der Waals surface area contributed by atoms with Gasteiger partial charge in [0.1, 0.15) is 11.6 Å². The highest BCUT2D eigenvalue weighted by Gasteiger charge is 2.05. The van der Waals surface area contributed by atoms with Gasteiger partial charge in [-0.1, -0.05) is 18.2 Å². The molecule has 1 aromatic heterocycles. The highest BCUT2D eigenvalue weighted by Crippen LogP contribution is 2.17. The summed E-state index contributed by atoms with van der Waals surface area (Å²) in [5.74, 6) is 1.14. The molecule has 0 bridgehead atoms. The van der Waals surface area contributed by atoms with Gasteiger partial charge in [0.2, 0.25) is 0 Å². The van der Waals surface area contributed by atoms with Gasteiger partial charge in [-0.2, -0.15) is 0 Å². The smallest absolute Gasteiger partial charge is 0.191 e. The van der Waals surface area contributed by atoms with Crippen LogP contribution in [0.4, 0.5) is 4.39 Å². The van der Waals surface area contributed by atoms with E-state index in [9.17, 15) is 4.39 Å². The number of rotatable bonds is 6. The van der Waals surface area contributed by atoms with E-state index in [1.54, 1.807) is 26.4 Å². The summed E-state index contributed by atoms with van der Waals surface area (Å²) in [6, 6.07) is 10.8. The van der Waals surface area contributed by atoms with Crippen LogP contribution in [-0.4, -0.2) is 31.6 Å². The van der Waals surface area contributed by atoms with Crippen molar-refractivity contribution < 1.29 is 9.13 Å². The molecule has 0 saturated heterocycles. The zero-order valence-electron chi connectivity index (χ0n) is 13.3. The Kier molecular flexibility index (Phi) is 6.35. The van der Waals surface area contributed by atoms with Crippen molar-refractivity contribution in [3.05, 3.63) is 59.7 Å². The van der Waals surface area contributed by atoms with E-state index in [4.69, 9.17) is 4.74 Å². The molecule has 23 heavy (non-hydrogen) atoms. The summed E-state index contributed by atoms with van der Waals surface area (Å²) in [7, 11) is 3.33. The van der Waals surface area contributed by atoms with Crippen molar-refractivity contribution in [2.75, 3.05) is 20.7 Å². The van der Waals surface area contributed by atoms with Crippen molar-refractivity contribution in [3.63, 3.8) is 0 Å². The van der Waals surface area contributed by atoms with Gasteiger partial charge in [-0.3, -0.25) is 9.98 Å². The van der Waals surface area contributed by atoms with Crippen LogP contribution in [0, 0.1) is 5.82 Å². The van der Waals surface area contributed by atoms with E-state index >= 15 is 0 Å². The third-order valence-electron chi connectivity index (χ3n) is 3.36. The molecule has 1 aromatic carbocycles. The van der Waals surface area contributed by atoms with Crippen LogP contribution in [0.5, 0.6) is 5.75 Å². The van der Waals surface area contributed by atoms with Gasteiger partial charge in [0.15, 0.2) is 5.96 Å². The van der Waals surface area contributed by atoms with E-state index in [0.29, 0.717) is 18.2 Å². The normalized spacial score (nSPS) is 11.2. The quantitative estimate of drug-likeness (QED) is 0.633. The maximum atomic E-state index is 13.5. The second kappa shape index (κ2) is 8.73. The van der Waals surface area contributed by atoms with Crippen LogP contribution < -0.4 is 15.4 Å². The molecule has 122 valence electrons. The molecule has 5 nitrogen and oxygen atoms in total. The van der Waals surface area contributed by atoms with Gasteiger partial charge < -0.3 is 15.4 Å². The molecule has 0 unspecified atom stereocenters. The summed E-state index contributed by atoms with van der Waals surface area (Å²) in [6.07, 6.45) is 2.36. The first-order chi connectivity index (χ1) is 11.2. The molecule has 0 aliphatic carbocycles. The Bertz CT molecular complexity index is 661. The minimum atomic E-state index is -0.329. The van der Waals surface area contributed by atoms with Crippen LogP contribution in [0.15, 0.2) is 47.6 Å². The number of methoxy groups -OCH3 is 1. The fourth-order valence-electron chi connectivity index (χ4n) is 2.16. The zero-order valence-corrected chi connectivity index (χ0v) is 13.3. The second-order valence-corrected chi connectivity index (χ2v) is 4.85. The van der Waals surface area contributed by atoms with E-state index in [0.717, 1.165) is 17.7 Å². The third kappa shape index (κ3) is 4.95. The first kappa shape index (κ1) is 16.7. The molecule has 0 spiro atoms. The third-order valence-corrected chi connectivity index (χ3v) is 3.36.